The topological polar surface area (TPSA) is 51.2 Å². The van der Waals surface area contributed by atoms with Crippen molar-refractivity contribution in [2.75, 3.05) is 34.4 Å². The van der Waals surface area contributed by atoms with Crippen LogP contribution < -0.4 is 9.47 Å². The molecule has 1 fully saturated rings. The Morgan fingerprint density at radius 3 is 2.54 bits per heavy atom. The number of aliphatic hydroxyl groups is 1. The van der Waals surface area contributed by atoms with Crippen molar-refractivity contribution in [2.45, 2.75) is 31.2 Å². The summed E-state index contributed by atoms with van der Waals surface area (Å²) in [6.07, 6.45) is 7.66. The molecule has 0 amide bonds. The maximum Gasteiger partial charge on any atom is 0.161 e. The predicted octanol–water partition coefficient (Wildman–Crippen LogP) is 4.02. The Balaban J connectivity index is 1.72. The molecule has 1 aromatic rings. The van der Waals surface area contributed by atoms with Crippen molar-refractivity contribution in [1.82, 2.24) is 4.90 Å². The van der Waals surface area contributed by atoms with Crippen molar-refractivity contribution in [3.05, 3.63) is 52.5 Å². The smallest absolute Gasteiger partial charge is 0.161 e. The van der Waals surface area contributed by atoms with Gasteiger partial charge in [-0.1, -0.05) is 0 Å². The molecule has 5 heteroatoms. The average Bonchev–Trinajstić information content (AvgIpc) is 3.18. The highest BCUT2D eigenvalue weighted by Gasteiger charge is 2.42. The van der Waals surface area contributed by atoms with E-state index in [4.69, 9.17) is 14.2 Å². The third kappa shape index (κ3) is 2.49. The first kappa shape index (κ1) is 17.7. The summed E-state index contributed by atoms with van der Waals surface area (Å²) in [6, 6.07) is 4.85. The summed E-state index contributed by atoms with van der Waals surface area (Å²) in [5, 5.41) is 10.5. The fourth-order valence-electron chi connectivity index (χ4n) is 5.52. The van der Waals surface area contributed by atoms with Gasteiger partial charge in [-0.25, -0.2) is 0 Å². The van der Waals surface area contributed by atoms with Crippen LogP contribution in [0.15, 0.2) is 41.4 Å². The predicted molar refractivity (Wildman–Crippen MR) is 108 cm³/mol. The zero-order valence-corrected chi connectivity index (χ0v) is 16.7. The van der Waals surface area contributed by atoms with Gasteiger partial charge in [0.2, 0.25) is 0 Å². The number of allylic oxidation sites excluding steroid dienone is 2. The van der Waals surface area contributed by atoms with Crippen LogP contribution in [0, 0.1) is 5.92 Å². The maximum atomic E-state index is 10.5. The van der Waals surface area contributed by atoms with Gasteiger partial charge in [0.1, 0.15) is 0 Å². The van der Waals surface area contributed by atoms with E-state index < -0.39 is 0 Å². The van der Waals surface area contributed by atoms with Gasteiger partial charge in [0.15, 0.2) is 23.0 Å². The molecule has 0 aromatic heterocycles. The Morgan fingerprint density at radius 1 is 1.00 bits per heavy atom. The molecule has 0 saturated carbocycles. The number of nitrogens with zero attached hydrogens (tertiary/aromatic N) is 1. The van der Waals surface area contributed by atoms with Gasteiger partial charge in [0.25, 0.3) is 0 Å². The van der Waals surface area contributed by atoms with Crippen LogP contribution in [0.1, 0.15) is 36.3 Å². The van der Waals surface area contributed by atoms with Crippen molar-refractivity contribution < 1.29 is 19.3 Å². The van der Waals surface area contributed by atoms with E-state index in [9.17, 15) is 5.11 Å². The Hall–Kier alpha value is -2.40. The first-order chi connectivity index (χ1) is 13.6. The van der Waals surface area contributed by atoms with E-state index >= 15 is 0 Å². The summed E-state index contributed by atoms with van der Waals surface area (Å²) < 4.78 is 16.6. The first-order valence-electron chi connectivity index (χ1n) is 10.0. The molecule has 5 rings (SSSR count). The summed E-state index contributed by atoms with van der Waals surface area (Å²) in [5.41, 5.74) is 5.35. The Bertz CT molecular complexity index is 913. The van der Waals surface area contributed by atoms with Crippen LogP contribution in [-0.2, 0) is 4.74 Å². The second kappa shape index (κ2) is 6.59. The van der Waals surface area contributed by atoms with Gasteiger partial charge in [0.05, 0.1) is 21.3 Å². The third-order valence-electron chi connectivity index (χ3n) is 6.87. The van der Waals surface area contributed by atoms with Crippen LogP contribution in [0.5, 0.6) is 11.5 Å². The van der Waals surface area contributed by atoms with Crippen molar-refractivity contribution >= 4 is 5.57 Å². The molecule has 2 aliphatic carbocycles. The molecule has 1 aromatic carbocycles. The number of methoxy groups -OCH3 is 3. The number of aliphatic hydroxyl groups excluding tert-OH is 1. The Kier molecular flexibility index (Phi) is 4.16. The standard InChI is InChI=1S/C23H27NO4/c1-26-21-9-18-15(8-20(21)25)17-11-23(28-3)22(27-2)10-16(17)14-7-13-5-4-6-24(13)12-19(14)18/h8-11,13,15,18,25H,4-7,12H2,1-3H3. The summed E-state index contributed by atoms with van der Waals surface area (Å²) in [5.74, 6) is 2.55. The van der Waals surface area contributed by atoms with Gasteiger partial charge in [0, 0.05) is 24.4 Å². The number of rotatable bonds is 3. The molecule has 0 spiro atoms. The molecule has 0 radical (unpaired) electrons. The number of hydrogen-bond donors (Lipinski definition) is 1. The fourth-order valence-corrected chi connectivity index (χ4v) is 5.52. The van der Waals surface area contributed by atoms with Crippen LogP contribution >= 0.6 is 0 Å². The molecule has 0 bridgehead atoms. The number of benzene rings is 1. The normalized spacial score (nSPS) is 28.5. The van der Waals surface area contributed by atoms with Gasteiger partial charge in [-0.3, -0.25) is 4.90 Å². The molecule has 3 atom stereocenters. The highest BCUT2D eigenvalue weighted by Crippen LogP contribution is 2.53. The highest BCUT2D eigenvalue weighted by molar-refractivity contribution is 5.79. The fraction of sp³-hybridized carbons (Fsp3) is 0.478. The molecule has 4 aliphatic rings. The van der Waals surface area contributed by atoms with E-state index in [2.05, 4.69) is 23.1 Å². The molecular formula is C23H27NO4. The van der Waals surface area contributed by atoms with Crippen molar-refractivity contribution in [2.24, 2.45) is 5.92 Å². The Morgan fingerprint density at radius 2 is 1.79 bits per heavy atom. The molecule has 1 N–H and O–H groups in total. The van der Waals surface area contributed by atoms with Gasteiger partial charge in [-0.2, -0.15) is 0 Å². The van der Waals surface area contributed by atoms with Gasteiger partial charge in [-0.15, -0.1) is 0 Å². The SMILES string of the molecule is COC1=CC2C3=C(CC4CCCN4C3)c3cc(OC)c(OC)cc3C2C=C1O. The van der Waals surface area contributed by atoms with Gasteiger partial charge < -0.3 is 19.3 Å². The number of fused-ring (bicyclic) bond motifs is 6. The lowest BCUT2D eigenvalue weighted by Gasteiger charge is -2.43. The largest absolute Gasteiger partial charge is 0.504 e. The van der Waals surface area contributed by atoms with E-state index in [0.717, 1.165) is 24.5 Å². The van der Waals surface area contributed by atoms with E-state index in [1.807, 2.05) is 6.08 Å². The van der Waals surface area contributed by atoms with E-state index in [0.29, 0.717) is 11.8 Å². The Labute approximate surface area is 165 Å². The first-order valence-corrected chi connectivity index (χ1v) is 10.0. The molecule has 5 nitrogen and oxygen atoms in total. The van der Waals surface area contributed by atoms with Crippen molar-refractivity contribution in [3.63, 3.8) is 0 Å². The molecular weight excluding hydrogens is 354 g/mol. The number of ether oxygens (including phenoxy) is 3. The van der Waals surface area contributed by atoms with Crippen LogP contribution in [0.3, 0.4) is 0 Å². The lowest BCUT2D eigenvalue weighted by molar-refractivity contribution is 0.237. The van der Waals surface area contributed by atoms with Crippen molar-refractivity contribution in [3.8, 4) is 11.5 Å². The minimum absolute atomic E-state index is 0.0756. The third-order valence-corrected chi connectivity index (χ3v) is 6.87. The van der Waals surface area contributed by atoms with E-state index in [-0.39, 0.29) is 17.6 Å². The van der Waals surface area contributed by atoms with Gasteiger partial charge in [-0.05, 0) is 72.4 Å². The number of hydrogen-bond acceptors (Lipinski definition) is 5. The summed E-state index contributed by atoms with van der Waals surface area (Å²) >= 11 is 0. The summed E-state index contributed by atoms with van der Waals surface area (Å²) in [4.78, 5) is 2.63. The second-order valence-corrected chi connectivity index (χ2v) is 8.11. The zero-order valence-electron chi connectivity index (χ0n) is 16.7. The molecule has 3 unspecified atom stereocenters. The van der Waals surface area contributed by atoms with Crippen LogP contribution in [0.2, 0.25) is 0 Å². The molecule has 2 aliphatic heterocycles. The lowest BCUT2D eigenvalue weighted by atomic mass is 9.67. The van der Waals surface area contributed by atoms with E-state index in [1.54, 1.807) is 21.3 Å². The minimum Gasteiger partial charge on any atom is -0.504 e. The van der Waals surface area contributed by atoms with E-state index in [1.165, 1.54) is 41.7 Å². The second-order valence-electron chi connectivity index (χ2n) is 8.11. The summed E-state index contributed by atoms with van der Waals surface area (Å²) in [6.45, 7) is 2.18. The van der Waals surface area contributed by atoms with Crippen molar-refractivity contribution in [1.29, 1.82) is 0 Å². The van der Waals surface area contributed by atoms with Gasteiger partial charge >= 0.3 is 0 Å². The molecule has 2 heterocycles. The molecule has 28 heavy (non-hydrogen) atoms. The van der Waals surface area contributed by atoms with Crippen LogP contribution in [-0.4, -0.2) is 50.5 Å². The zero-order chi connectivity index (χ0) is 19.4. The van der Waals surface area contributed by atoms with Crippen LogP contribution in [0.25, 0.3) is 5.57 Å². The lowest BCUT2D eigenvalue weighted by Crippen LogP contribution is -2.40. The maximum absolute atomic E-state index is 10.5. The minimum atomic E-state index is 0.0756. The highest BCUT2D eigenvalue weighted by atomic mass is 16.5. The molecule has 148 valence electrons. The average molecular weight is 381 g/mol. The monoisotopic (exact) mass is 381 g/mol. The molecule has 1 saturated heterocycles. The quantitative estimate of drug-likeness (QED) is 0.857. The summed E-state index contributed by atoms with van der Waals surface area (Å²) in [7, 11) is 4.97. The van der Waals surface area contributed by atoms with Crippen LogP contribution in [0.4, 0.5) is 0 Å².